The Morgan fingerprint density at radius 3 is 2.86 bits per heavy atom. The minimum absolute atomic E-state index is 0.236. The lowest BCUT2D eigenvalue weighted by atomic mass is 9.96. The number of hydrogen-bond acceptors (Lipinski definition) is 4. The molecular weight excluding hydrogens is 270 g/mol. The summed E-state index contributed by atoms with van der Waals surface area (Å²) in [5.41, 5.74) is 0.739. The highest BCUT2D eigenvalue weighted by molar-refractivity contribution is 5.92. The van der Waals surface area contributed by atoms with Crippen molar-refractivity contribution in [3.8, 4) is 0 Å². The predicted octanol–water partition coefficient (Wildman–Crippen LogP) is 1.77. The van der Waals surface area contributed by atoms with Gasteiger partial charge in [-0.25, -0.2) is 9.89 Å². The Kier molecular flexibility index (Phi) is 3.81. The highest BCUT2D eigenvalue weighted by Crippen LogP contribution is 2.18. The monoisotopic (exact) mass is 287 g/mol. The number of aromatic nitrogens is 3. The normalized spacial score (nSPS) is 15.8. The van der Waals surface area contributed by atoms with Crippen molar-refractivity contribution in [2.24, 2.45) is 0 Å². The van der Waals surface area contributed by atoms with Crippen molar-refractivity contribution < 1.29 is 4.79 Å². The van der Waals surface area contributed by atoms with Crippen LogP contribution in [0, 0.1) is 0 Å². The van der Waals surface area contributed by atoms with E-state index in [0.29, 0.717) is 16.6 Å². The summed E-state index contributed by atoms with van der Waals surface area (Å²) in [6, 6.07) is 4.97. The fourth-order valence-corrected chi connectivity index (χ4v) is 2.67. The first-order chi connectivity index (χ1) is 10.2. The Hall–Kier alpha value is -2.44. The molecule has 1 aromatic carbocycles. The van der Waals surface area contributed by atoms with Crippen molar-refractivity contribution in [2.45, 2.75) is 38.1 Å². The van der Waals surface area contributed by atoms with E-state index in [-0.39, 0.29) is 17.6 Å². The Balaban J connectivity index is 1.70. The van der Waals surface area contributed by atoms with Crippen LogP contribution in [-0.4, -0.2) is 27.5 Å². The van der Waals surface area contributed by atoms with E-state index < -0.39 is 0 Å². The van der Waals surface area contributed by atoms with E-state index in [2.05, 4.69) is 26.0 Å². The first-order valence-corrected chi connectivity index (χ1v) is 7.15. The number of urea groups is 1. The first-order valence-electron chi connectivity index (χ1n) is 7.15. The van der Waals surface area contributed by atoms with Crippen LogP contribution in [0.25, 0.3) is 10.9 Å². The zero-order chi connectivity index (χ0) is 14.7. The van der Waals surface area contributed by atoms with Gasteiger partial charge in [-0.15, -0.1) is 5.10 Å². The third kappa shape index (κ3) is 3.18. The van der Waals surface area contributed by atoms with E-state index in [1.807, 2.05) is 0 Å². The van der Waals surface area contributed by atoms with E-state index in [1.54, 1.807) is 18.2 Å². The van der Waals surface area contributed by atoms with Gasteiger partial charge in [0, 0.05) is 11.7 Å². The quantitative estimate of drug-likeness (QED) is 0.783. The van der Waals surface area contributed by atoms with Gasteiger partial charge in [-0.1, -0.05) is 24.5 Å². The van der Waals surface area contributed by atoms with Crippen molar-refractivity contribution in [1.82, 2.24) is 20.7 Å². The van der Waals surface area contributed by atoms with Crippen molar-refractivity contribution >= 4 is 22.6 Å². The second-order valence-electron chi connectivity index (χ2n) is 5.31. The number of carbonyl (C=O) groups is 1. The van der Waals surface area contributed by atoms with E-state index in [0.717, 1.165) is 25.7 Å². The van der Waals surface area contributed by atoms with Gasteiger partial charge in [-0.05, 0) is 31.0 Å². The van der Waals surface area contributed by atoms with Crippen LogP contribution in [0.4, 0.5) is 10.5 Å². The van der Waals surface area contributed by atoms with Crippen LogP contribution in [0.2, 0.25) is 0 Å². The lowest BCUT2D eigenvalue weighted by molar-refractivity contribution is 0.244. The molecule has 0 saturated heterocycles. The summed E-state index contributed by atoms with van der Waals surface area (Å²) >= 11 is 0. The van der Waals surface area contributed by atoms with Crippen molar-refractivity contribution in [3.63, 3.8) is 0 Å². The molecule has 0 unspecified atom stereocenters. The molecule has 1 aliphatic carbocycles. The van der Waals surface area contributed by atoms with Gasteiger partial charge in [-0.2, -0.15) is 0 Å². The molecule has 21 heavy (non-hydrogen) atoms. The van der Waals surface area contributed by atoms with Gasteiger partial charge in [-0.3, -0.25) is 4.79 Å². The van der Waals surface area contributed by atoms with Crippen molar-refractivity contribution in [1.29, 1.82) is 0 Å². The summed E-state index contributed by atoms with van der Waals surface area (Å²) in [5.74, 6) is 0. The number of fused-ring (bicyclic) bond motifs is 1. The van der Waals surface area contributed by atoms with E-state index in [1.165, 1.54) is 6.42 Å². The number of amides is 2. The summed E-state index contributed by atoms with van der Waals surface area (Å²) in [6.07, 6.45) is 5.62. The van der Waals surface area contributed by atoms with Gasteiger partial charge in [0.05, 0.1) is 5.39 Å². The molecule has 0 aliphatic heterocycles. The van der Waals surface area contributed by atoms with Gasteiger partial charge in [0.2, 0.25) is 0 Å². The number of carbonyl (C=O) groups excluding carboxylic acids is 1. The van der Waals surface area contributed by atoms with Crippen LogP contribution in [0.1, 0.15) is 32.1 Å². The smallest absolute Gasteiger partial charge is 0.319 e. The molecular formula is C14H17N5O2. The van der Waals surface area contributed by atoms with Gasteiger partial charge in [0.1, 0.15) is 5.52 Å². The molecule has 1 saturated carbocycles. The molecule has 1 fully saturated rings. The average Bonchev–Trinajstić information content (AvgIpc) is 2.49. The van der Waals surface area contributed by atoms with Gasteiger partial charge in [0.25, 0.3) is 5.56 Å². The Bertz CT molecular complexity index is 706. The number of nitrogens with one attached hydrogen (secondary N) is 3. The number of rotatable bonds is 2. The largest absolute Gasteiger partial charge is 0.335 e. The third-order valence-electron chi connectivity index (χ3n) is 3.75. The van der Waals surface area contributed by atoms with Crippen LogP contribution in [0.5, 0.6) is 0 Å². The van der Waals surface area contributed by atoms with Crippen LogP contribution in [-0.2, 0) is 0 Å². The SMILES string of the molecule is O=C(Nc1ccc2nn[nH]c(=O)c2c1)NC1CCCCC1. The Labute approximate surface area is 121 Å². The highest BCUT2D eigenvalue weighted by atomic mass is 16.2. The number of anilines is 1. The van der Waals surface area contributed by atoms with Crippen LogP contribution < -0.4 is 16.2 Å². The molecule has 0 atom stereocenters. The zero-order valence-electron chi connectivity index (χ0n) is 11.6. The molecule has 7 nitrogen and oxygen atoms in total. The Morgan fingerprint density at radius 1 is 1.24 bits per heavy atom. The number of hydrogen-bond donors (Lipinski definition) is 3. The fourth-order valence-electron chi connectivity index (χ4n) is 2.67. The molecule has 110 valence electrons. The maximum absolute atomic E-state index is 12.0. The maximum atomic E-state index is 12.0. The fraction of sp³-hybridized carbons (Fsp3) is 0.429. The van der Waals surface area contributed by atoms with E-state index >= 15 is 0 Å². The Morgan fingerprint density at radius 2 is 2.05 bits per heavy atom. The maximum Gasteiger partial charge on any atom is 0.319 e. The summed E-state index contributed by atoms with van der Waals surface area (Å²) in [7, 11) is 0. The summed E-state index contributed by atoms with van der Waals surface area (Å²) in [6.45, 7) is 0. The molecule has 2 amide bonds. The van der Waals surface area contributed by atoms with Crippen molar-refractivity contribution in [3.05, 3.63) is 28.6 Å². The van der Waals surface area contributed by atoms with Crippen molar-refractivity contribution in [2.75, 3.05) is 5.32 Å². The standard InChI is InChI=1S/C14H17N5O2/c20-13-11-8-10(6-7-12(11)17-19-18-13)16-14(21)15-9-4-2-1-3-5-9/h6-9H,1-5H2,(H2,15,16,21)(H,17,18,20). The summed E-state index contributed by atoms with van der Waals surface area (Å²) in [5, 5.41) is 15.7. The van der Waals surface area contributed by atoms with E-state index in [4.69, 9.17) is 0 Å². The summed E-state index contributed by atoms with van der Waals surface area (Å²) in [4.78, 5) is 23.6. The second kappa shape index (κ2) is 5.90. The van der Waals surface area contributed by atoms with Gasteiger partial charge >= 0.3 is 6.03 Å². The average molecular weight is 287 g/mol. The first kappa shape index (κ1) is 13.5. The molecule has 3 rings (SSSR count). The molecule has 0 spiro atoms. The molecule has 3 N–H and O–H groups in total. The minimum atomic E-state index is -0.323. The van der Waals surface area contributed by atoms with Crippen LogP contribution >= 0.6 is 0 Å². The van der Waals surface area contributed by atoms with E-state index in [9.17, 15) is 9.59 Å². The van der Waals surface area contributed by atoms with Crippen LogP contribution in [0.15, 0.2) is 23.0 Å². The number of aromatic amines is 1. The molecule has 0 bridgehead atoms. The molecule has 1 heterocycles. The lowest BCUT2D eigenvalue weighted by Gasteiger charge is -2.22. The summed E-state index contributed by atoms with van der Waals surface area (Å²) < 4.78 is 0. The van der Waals surface area contributed by atoms with Gasteiger partial charge in [0.15, 0.2) is 0 Å². The minimum Gasteiger partial charge on any atom is -0.335 e. The number of benzene rings is 1. The van der Waals surface area contributed by atoms with Gasteiger partial charge < -0.3 is 10.6 Å². The molecule has 2 aromatic rings. The lowest BCUT2D eigenvalue weighted by Crippen LogP contribution is -2.39. The number of H-pyrrole nitrogens is 1. The molecule has 7 heteroatoms. The molecule has 1 aliphatic rings. The number of nitrogens with zero attached hydrogens (tertiary/aromatic N) is 2. The topological polar surface area (TPSA) is 99.8 Å². The molecule has 1 aromatic heterocycles. The zero-order valence-corrected chi connectivity index (χ0v) is 11.6. The molecule has 0 radical (unpaired) electrons. The second-order valence-corrected chi connectivity index (χ2v) is 5.31. The van der Waals surface area contributed by atoms with Crippen LogP contribution in [0.3, 0.4) is 0 Å². The predicted molar refractivity (Wildman–Crippen MR) is 79.2 cm³/mol. The highest BCUT2D eigenvalue weighted by Gasteiger charge is 2.15. The third-order valence-corrected chi connectivity index (χ3v) is 3.75.